The normalized spacial score (nSPS) is 11.7. The zero-order chi connectivity index (χ0) is 23.2. The Hall–Kier alpha value is -4.90. The molecule has 0 fully saturated rings. The molecule has 1 aliphatic heterocycles. The summed E-state index contributed by atoms with van der Waals surface area (Å²) in [5.74, 6) is 0.00671. The molecule has 0 amide bonds. The maximum absolute atomic E-state index is 12.7. The minimum atomic E-state index is -4.97. The van der Waals surface area contributed by atoms with E-state index in [1.807, 2.05) is 12.1 Å². The number of nitrogens with zero attached hydrogens (tertiary/aromatic N) is 5. The first-order valence-corrected chi connectivity index (χ1v) is 9.39. The van der Waals surface area contributed by atoms with Crippen LogP contribution in [0.4, 0.5) is 24.7 Å². The van der Waals surface area contributed by atoms with Crippen LogP contribution in [0.2, 0.25) is 0 Å². The van der Waals surface area contributed by atoms with Gasteiger partial charge in [0.25, 0.3) is 0 Å². The van der Waals surface area contributed by atoms with E-state index in [1.165, 1.54) is 0 Å². The molecule has 2 N–H and O–H groups in total. The number of alkyl halides is 3. The van der Waals surface area contributed by atoms with Crippen LogP contribution < -0.4 is 10.1 Å². The second kappa shape index (κ2) is 7.35. The first-order valence-electron chi connectivity index (χ1n) is 9.39. The van der Waals surface area contributed by atoms with Gasteiger partial charge in [0.15, 0.2) is 0 Å². The van der Waals surface area contributed by atoms with E-state index >= 15 is 0 Å². The molecule has 0 unspecified atom stereocenters. The first kappa shape index (κ1) is 20.0. The lowest BCUT2D eigenvalue weighted by atomic mass is 10.0. The number of fused-ring (bicyclic) bond motifs is 5. The number of halogens is 3. The van der Waals surface area contributed by atoms with Gasteiger partial charge in [0.05, 0.1) is 34.3 Å². The summed E-state index contributed by atoms with van der Waals surface area (Å²) in [7, 11) is 0. The molecule has 0 atom stereocenters. The number of hydrogen-bond donors (Lipinski definition) is 2. The monoisotopic (exact) mass is 445 g/mol. The van der Waals surface area contributed by atoms with E-state index in [2.05, 4.69) is 30.0 Å². The van der Waals surface area contributed by atoms with Crippen LogP contribution in [-0.4, -0.2) is 26.3 Å². The minimum absolute atomic E-state index is 0.0663. The summed E-state index contributed by atoms with van der Waals surface area (Å²) in [6, 6.07) is 10.8. The van der Waals surface area contributed by atoms with Crippen molar-refractivity contribution in [3.8, 4) is 51.8 Å². The lowest BCUT2D eigenvalue weighted by molar-refractivity contribution is -0.274. The highest BCUT2D eigenvalue weighted by atomic mass is 19.4. The average Bonchev–Trinajstić information content (AvgIpc) is 3.17. The third-order valence-electron chi connectivity index (χ3n) is 4.93. The molecule has 0 radical (unpaired) electrons. The second-order valence-electron chi connectivity index (χ2n) is 6.92. The molecule has 5 rings (SSSR count). The van der Waals surface area contributed by atoms with Crippen molar-refractivity contribution in [3.05, 3.63) is 60.0 Å². The number of hydrogen-bond acceptors (Lipinski definition) is 7. The van der Waals surface area contributed by atoms with E-state index in [1.54, 1.807) is 36.8 Å². The number of nitrogens with one attached hydrogen (secondary N) is 2. The Morgan fingerprint density at radius 2 is 1.76 bits per heavy atom. The van der Waals surface area contributed by atoms with Crippen LogP contribution in [0.5, 0.6) is 5.75 Å². The Bertz CT molecular complexity index is 1400. The number of aromatic amines is 1. The summed E-state index contributed by atoms with van der Waals surface area (Å²) in [6.45, 7) is 0. The van der Waals surface area contributed by atoms with E-state index in [0.717, 1.165) is 12.1 Å². The van der Waals surface area contributed by atoms with Crippen molar-refractivity contribution in [2.24, 2.45) is 0 Å². The number of ether oxygens (including phenoxy) is 1. The van der Waals surface area contributed by atoms with Crippen LogP contribution in [0.1, 0.15) is 11.1 Å². The van der Waals surface area contributed by atoms with E-state index in [4.69, 9.17) is 0 Å². The smallest absolute Gasteiger partial charge is 0.406 e. The third kappa shape index (κ3) is 3.47. The van der Waals surface area contributed by atoms with Crippen LogP contribution in [0, 0.1) is 22.7 Å². The highest BCUT2D eigenvalue weighted by Gasteiger charge is 2.32. The van der Waals surface area contributed by atoms with Crippen LogP contribution in [0.25, 0.3) is 33.9 Å². The molecule has 0 aliphatic carbocycles. The zero-order valence-electron chi connectivity index (χ0n) is 16.4. The van der Waals surface area contributed by atoms with Crippen molar-refractivity contribution in [1.29, 1.82) is 10.5 Å². The molecule has 0 saturated heterocycles. The van der Waals surface area contributed by atoms with Gasteiger partial charge < -0.3 is 15.0 Å². The number of anilines is 2. The quantitative estimate of drug-likeness (QED) is 0.396. The predicted molar refractivity (Wildman–Crippen MR) is 110 cm³/mol. The molecule has 4 heterocycles. The van der Waals surface area contributed by atoms with Crippen molar-refractivity contribution in [2.75, 3.05) is 5.32 Å². The largest absolute Gasteiger partial charge is 0.573 e. The fourth-order valence-electron chi connectivity index (χ4n) is 3.66. The lowest BCUT2D eigenvalue weighted by Crippen LogP contribution is -2.17. The Morgan fingerprint density at radius 1 is 1.00 bits per heavy atom. The molecule has 0 spiro atoms. The molecule has 8 nitrogen and oxygen atoms in total. The fraction of sp³-hybridized carbons (Fsp3) is 0.0455. The number of pyridine rings is 2. The molecular weight excluding hydrogens is 435 g/mol. The van der Waals surface area contributed by atoms with Crippen molar-refractivity contribution < 1.29 is 17.9 Å². The molecule has 4 aromatic rings. The molecule has 0 saturated carbocycles. The predicted octanol–water partition coefficient (Wildman–Crippen LogP) is 4.90. The zero-order valence-corrected chi connectivity index (χ0v) is 16.4. The van der Waals surface area contributed by atoms with Crippen molar-refractivity contribution in [2.45, 2.75) is 6.36 Å². The summed E-state index contributed by atoms with van der Waals surface area (Å²) < 4.78 is 42.0. The molecule has 1 aliphatic rings. The second-order valence-corrected chi connectivity index (χ2v) is 6.92. The number of aromatic nitrogens is 4. The van der Waals surface area contributed by atoms with Gasteiger partial charge in [-0.15, -0.1) is 13.2 Å². The molecule has 160 valence electrons. The number of nitriles is 2. The van der Waals surface area contributed by atoms with Gasteiger partial charge >= 0.3 is 6.36 Å². The van der Waals surface area contributed by atoms with Crippen LogP contribution >= 0.6 is 0 Å². The maximum Gasteiger partial charge on any atom is 0.573 e. The summed E-state index contributed by atoms with van der Waals surface area (Å²) in [4.78, 5) is 16.2. The number of H-pyrrole nitrogens is 1. The average molecular weight is 445 g/mol. The molecule has 11 heteroatoms. The molecule has 33 heavy (non-hydrogen) atoms. The summed E-state index contributed by atoms with van der Waals surface area (Å²) >= 11 is 0. The van der Waals surface area contributed by atoms with Crippen molar-refractivity contribution >= 4 is 11.5 Å². The van der Waals surface area contributed by atoms with E-state index in [-0.39, 0.29) is 22.5 Å². The molecule has 0 bridgehead atoms. The van der Waals surface area contributed by atoms with Gasteiger partial charge in [-0.1, -0.05) is 0 Å². The molecule has 3 aromatic heterocycles. The van der Waals surface area contributed by atoms with E-state index in [0.29, 0.717) is 34.0 Å². The number of benzene rings is 1. The molecule has 1 aromatic carbocycles. The minimum Gasteiger partial charge on any atom is -0.406 e. The van der Waals surface area contributed by atoms with Crippen molar-refractivity contribution in [3.63, 3.8) is 0 Å². The van der Waals surface area contributed by atoms with Gasteiger partial charge in [-0.05, 0) is 30.3 Å². The SMILES string of the molecule is N#Cc1cc(OC(F)(F)F)cc(C#N)c1-c1nc2c([nH]1)-c1ccncc1Nc1ncccc1-2. The number of rotatable bonds is 2. The van der Waals surface area contributed by atoms with Gasteiger partial charge in [-0.25, -0.2) is 9.97 Å². The summed E-state index contributed by atoms with van der Waals surface area (Å²) in [6.07, 6.45) is -0.140. The van der Waals surface area contributed by atoms with Crippen LogP contribution in [0.3, 0.4) is 0 Å². The van der Waals surface area contributed by atoms with Gasteiger partial charge in [-0.3, -0.25) is 4.98 Å². The number of imidazole rings is 1. The highest BCUT2D eigenvalue weighted by molar-refractivity contribution is 5.95. The molecular formula is C22H10F3N7O. The Morgan fingerprint density at radius 3 is 2.45 bits per heavy atom. The van der Waals surface area contributed by atoms with Gasteiger partial charge in [-0.2, -0.15) is 10.5 Å². The summed E-state index contributed by atoms with van der Waals surface area (Å²) in [5.41, 5.74) is 2.76. The van der Waals surface area contributed by atoms with Crippen LogP contribution in [0.15, 0.2) is 48.9 Å². The van der Waals surface area contributed by atoms with Gasteiger partial charge in [0, 0.05) is 23.5 Å². The van der Waals surface area contributed by atoms with Gasteiger partial charge in [0.2, 0.25) is 0 Å². The first-order chi connectivity index (χ1) is 15.9. The van der Waals surface area contributed by atoms with E-state index in [9.17, 15) is 23.7 Å². The summed E-state index contributed by atoms with van der Waals surface area (Å²) in [5, 5.41) is 22.4. The van der Waals surface area contributed by atoms with Crippen LogP contribution in [-0.2, 0) is 0 Å². The Balaban J connectivity index is 1.76. The lowest BCUT2D eigenvalue weighted by Gasteiger charge is -2.12. The standard InChI is InChI=1S/C22H10F3N7O/c23-22(24,25)33-13-6-11(8-26)17(12(7-13)9-27)21-31-18-14-3-5-28-10-16(14)30-20-15(19(18)32-21)2-1-4-29-20/h1-7,10H,(H,29,30)(H,31,32). The topological polar surface area (TPSA) is 123 Å². The maximum atomic E-state index is 12.7. The Labute approximate surface area is 184 Å². The van der Waals surface area contributed by atoms with Crippen molar-refractivity contribution in [1.82, 2.24) is 19.9 Å². The van der Waals surface area contributed by atoms with Gasteiger partial charge in [0.1, 0.15) is 35.2 Å². The Kier molecular flexibility index (Phi) is 4.46. The van der Waals surface area contributed by atoms with E-state index < -0.39 is 12.1 Å². The fourth-order valence-corrected chi connectivity index (χ4v) is 3.66. The third-order valence-corrected chi connectivity index (χ3v) is 4.93. The highest BCUT2D eigenvalue weighted by Crippen LogP contribution is 2.43.